The molecule has 2 heteroatoms. The van der Waals surface area contributed by atoms with Gasteiger partial charge >= 0.3 is 0 Å². The van der Waals surface area contributed by atoms with Crippen molar-refractivity contribution in [2.24, 2.45) is 0 Å². The molecule has 3 heterocycles. The van der Waals surface area contributed by atoms with Crippen LogP contribution >= 0.6 is 0 Å². The average Bonchev–Trinajstić information content (AvgIpc) is 3.13. The maximum Gasteiger partial charge on any atom is 0.135 e. The minimum atomic E-state index is 0.315. The normalized spacial score (nSPS) is 18.7. The molecule has 2 aliphatic rings. The van der Waals surface area contributed by atoms with Gasteiger partial charge in [-0.3, -0.25) is 0 Å². The Kier molecular flexibility index (Phi) is 3.17. The molecule has 1 unspecified atom stereocenters. The zero-order valence-electron chi connectivity index (χ0n) is 14.0. The van der Waals surface area contributed by atoms with Gasteiger partial charge in [-0.15, -0.1) is 0 Å². The molecule has 2 aliphatic heterocycles. The zero-order chi connectivity index (χ0) is 16.8. The second kappa shape index (κ2) is 5.52. The van der Waals surface area contributed by atoms with Gasteiger partial charge in [-0.25, -0.2) is 0 Å². The molecule has 1 atom stereocenters. The summed E-state index contributed by atoms with van der Waals surface area (Å²) in [4.78, 5) is 2.44. The third-order valence-electron chi connectivity index (χ3n) is 5.28. The van der Waals surface area contributed by atoms with Crippen LogP contribution in [0.5, 0.6) is 0 Å². The summed E-state index contributed by atoms with van der Waals surface area (Å²) in [5, 5.41) is 0. The Labute approximate surface area is 147 Å². The van der Waals surface area contributed by atoms with Gasteiger partial charge in [-0.2, -0.15) is 0 Å². The molecule has 5 rings (SSSR count). The first-order valence-corrected chi connectivity index (χ1v) is 8.68. The van der Waals surface area contributed by atoms with Crippen molar-refractivity contribution in [1.29, 1.82) is 0 Å². The molecule has 25 heavy (non-hydrogen) atoms. The summed E-state index contributed by atoms with van der Waals surface area (Å²) in [7, 11) is 0. The van der Waals surface area contributed by atoms with Gasteiger partial charge in [-0.05, 0) is 46.4 Å². The number of benzene rings is 2. The van der Waals surface area contributed by atoms with Crippen LogP contribution in [0.25, 0.3) is 11.1 Å². The van der Waals surface area contributed by atoms with Gasteiger partial charge in [0.25, 0.3) is 0 Å². The number of furan rings is 1. The lowest BCUT2D eigenvalue weighted by Crippen LogP contribution is -2.26. The minimum Gasteiger partial charge on any atom is -0.464 e. The number of hydrogen-bond acceptors (Lipinski definition) is 2. The Morgan fingerprint density at radius 2 is 1.72 bits per heavy atom. The van der Waals surface area contributed by atoms with Crippen LogP contribution in [0.3, 0.4) is 0 Å². The lowest BCUT2D eigenvalue weighted by atomic mass is 9.87. The van der Waals surface area contributed by atoms with E-state index in [9.17, 15) is 0 Å². The van der Waals surface area contributed by atoms with Crippen molar-refractivity contribution in [3.63, 3.8) is 0 Å². The molecule has 0 amide bonds. The van der Waals surface area contributed by atoms with E-state index in [0.29, 0.717) is 6.04 Å². The molecule has 2 aromatic carbocycles. The van der Waals surface area contributed by atoms with Crippen molar-refractivity contribution in [2.45, 2.75) is 19.0 Å². The summed E-state index contributed by atoms with van der Waals surface area (Å²) >= 11 is 0. The fraction of sp³-hybridized carbons (Fsp3) is 0.130. The lowest BCUT2D eigenvalue weighted by Gasteiger charge is -2.35. The molecule has 2 nitrogen and oxygen atoms in total. The maximum atomic E-state index is 5.72. The topological polar surface area (TPSA) is 16.4 Å². The molecule has 122 valence electrons. The Balaban J connectivity index is 1.69. The van der Waals surface area contributed by atoms with E-state index in [0.717, 1.165) is 24.3 Å². The van der Waals surface area contributed by atoms with Crippen LogP contribution in [0.15, 0.2) is 84.1 Å². The van der Waals surface area contributed by atoms with E-state index in [1.54, 1.807) is 6.26 Å². The van der Waals surface area contributed by atoms with E-state index in [1.807, 2.05) is 12.1 Å². The van der Waals surface area contributed by atoms with Gasteiger partial charge in [0, 0.05) is 18.3 Å². The van der Waals surface area contributed by atoms with Gasteiger partial charge in [-0.1, -0.05) is 55.1 Å². The summed E-state index contributed by atoms with van der Waals surface area (Å²) < 4.78 is 5.72. The molecule has 0 radical (unpaired) electrons. The summed E-state index contributed by atoms with van der Waals surface area (Å²) in [5.74, 6) is 0.919. The second-order valence-electron chi connectivity index (χ2n) is 6.76. The van der Waals surface area contributed by atoms with Crippen LogP contribution in [0.4, 0.5) is 0 Å². The Morgan fingerprint density at radius 3 is 2.56 bits per heavy atom. The Hall–Kier alpha value is -3.00. The van der Waals surface area contributed by atoms with E-state index in [4.69, 9.17) is 4.42 Å². The predicted molar refractivity (Wildman–Crippen MR) is 101 cm³/mol. The van der Waals surface area contributed by atoms with Gasteiger partial charge in [0.1, 0.15) is 5.76 Å². The quantitative estimate of drug-likeness (QED) is 0.575. The number of nitrogens with zero attached hydrogens (tertiary/aromatic N) is 1. The Morgan fingerprint density at radius 1 is 0.920 bits per heavy atom. The largest absolute Gasteiger partial charge is 0.464 e. The average molecular weight is 325 g/mol. The third-order valence-corrected chi connectivity index (χ3v) is 5.28. The molecule has 0 saturated carbocycles. The number of rotatable bonds is 1. The first-order chi connectivity index (χ1) is 12.3. The molecule has 3 aromatic rings. The maximum absolute atomic E-state index is 5.72. The van der Waals surface area contributed by atoms with Crippen LogP contribution in [0.1, 0.15) is 40.5 Å². The van der Waals surface area contributed by atoms with Crippen LogP contribution in [-0.4, -0.2) is 4.90 Å². The van der Waals surface area contributed by atoms with Crippen molar-refractivity contribution in [3.05, 3.63) is 108 Å². The highest BCUT2D eigenvalue weighted by atomic mass is 16.3. The first kappa shape index (κ1) is 14.4. The van der Waals surface area contributed by atoms with E-state index < -0.39 is 0 Å². The number of hydrogen-bond donors (Lipinski definition) is 0. The van der Waals surface area contributed by atoms with Crippen molar-refractivity contribution < 1.29 is 4.42 Å². The highest BCUT2D eigenvalue weighted by Crippen LogP contribution is 2.44. The fourth-order valence-corrected chi connectivity index (χ4v) is 4.09. The van der Waals surface area contributed by atoms with Crippen molar-refractivity contribution in [1.82, 2.24) is 4.90 Å². The smallest absolute Gasteiger partial charge is 0.135 e. The minimum absolute atomic E-state index is 0.315. The zero-order valence-corrected chi connectivity index (χ0v) is 14.0. The summed E-state index contributed by atoms with van der Waals surface area (Å²) in [6, 6.07) is 21.6. The molecule has 0 fully saturated rings. The molecule has 0 aliphatic carbocycles. The summed E-state index contributed by atoms with van der Waals surface area (Å²) in [5.41, 5.74) is 7.61. The summed E-state index contributed by atoms with van der Waals surface area (Å²) in [6.07, 6.45) is 4.95. The molecule has 1 aromatic heterocycles. The predicted octanol–water partition coefficient (Wildman–Crippen LogP) is 5.64. The van der Waals surface area contributed by atoms with Crippen LogP contribution in [-0.2, 0) is 6.54 Å². The van der Waals surface area contributed by atoms with Crippen LogP contribution < -0.4 is 0 Å². The van der Waals surface area contributed by atoms with E-state index in [2.05, 4.69) is 66.2 Å². The highest BCUT2D eigenvalue weighted by molar-refractivity contribution is 5.81. The summed E-state index contributed by atoms with van der Waals surface area (Å²) in [6.45, 7) is 5.27. The third kappa shape index (κ3) is 2.25. The van der Waals surface area contributed by atoms with E-state index in [-0.39, 0.29) is 0 Å². The van der Waals surface area contributed by atoms with E-state index >= 15 is 0 Å². The van der Waals surface area contributed by atoms with Gasteiger partial charge < -0.3 is 9.32 Å². The fourth-order valence-electron chi connectivity index (χ4n) is 4.09. The van der Waals surface area contributed by atoms with Crippen molar-refractivity contribution in [2.75, 3.05) is 0 Å². The van der Waals surface area contributed by atoms with Gasteiger partial charge in [0.15, 0.2) is 0 Å². The van der Waals surface area contributed by atoms with Gasteiger partial charge in [0.2, 0.25) is 0 Å². The van der Waals surface area contributed by atoms with Gasteiger partial charge in [0.05, 0.1) is 12.3 Å². The molecular formula is C23H19NO. The molecule has 0 saturated heterocycles. The van der Waals surface area contributed by atoms with Crippen LogP contribution in [0, 0.1) is 0 Å². The number of fused-ring (bicyclic) bond motifs is 4. The standard InChI is InChI=1S/C23H19NO/c1-16-13-22-20-10-5-4-9-19(20)21(23-11-6-12-25-23)15-24(22)14-17-7-2-3-8-18(16)17/h2-12,15,22H,1,13-14H2. The van der Waals surface area contributed by atoms with E-state index in [1.165, 1.54) is 27.8 Å². The SMILES string of the molecule is C=C1CC2c3ccccc3C(c3ccco3)=CN2Cc2ccccc21. The molecule has 0 spiro atoms. The second-order valence-corrected chi connectivity index (χ2v) is 6.76. The Bertz CT molecular complexity index is 981. The van der Waals surface area contributed by atoms with Crippen LogP contribution in [0.2, 0.25) is 0 Å². The van der Waals surface area contributed by atoms with Crippen molar-refractivity contribution in [3.8, 4) is 0 Å². The highest BCUT2D eigenvalue weighted by Gasteiger charge is 2.31. The monoisotopic (exact) mass is 325 g/mol. The first-order valence-electron chi connectivity index (χ1n) is 8.68. The van der Waals surface area contributed by atoms with Crippen molar-refractivity contribution >= 4 is 11.1 Å². The molecule has 0 N–H and O–H groups in total. The molecular weight excluding hydrogens is 306 g/mol. The molecule has 0 bridgehead atoms. The lowest BCUT2D eigenvalue weighted by molar-refractivity contribution is 0.276.